The van der Waals surface area contributed by atoms with Gasteiger partial charge in [-0.05, 0) is 31.0 Å². The SMILES string of the molecule is CCOC(=O)c1cccc(CO)c1C(Br)C(C)=O. The summed E-state index contributed by atoms with van der Waals surface area (Å²) in [4.78, 5) is 22.7. The topological polar surface area (TPSA) is 63.6 Å². The average molecular weight is 315 g/mol. The molecule has 1 aromatic carbocycles. The Morgan fingerprint density at radius 2 is 2.11 bits per heavy atom. The van der Waals surface area contributed by atoms with Crippen molar-refractivity contribution in [3.8, 4) is 0 Å². The van der Waals surface area contributed by atoms with Crippen LogP contribution in [-0.4, -0.2) is 23.5 Å². The molecule has 0 aliphatic heterocycles. The summed E-state index contributed by atoms with van der Waals surface area (Å²) in [6, 6.07) is 4.92. The van der Waals surface area contributed by atoms with Crippen molar-refractivity contribution in [2.75, 3.05) is 6.61 Å². The number of esters is 1. The molecule has 1 N–H and O–H groups in total. The van der Waals surface area contributed by atoms with Gasteiger partial charge < -0.3 is 9.84 Å². The lowest BCUT2D eigenvalue weighted by Crippen LogP contribution is -2.14. The maximum Gasteiger partial charge on any atom is 0.338 e. The smallest absolute Gasteiger partial charge is 0.338 e. The zero-order chi connectivity index (χ0) is 13.7. The minimum atomic E-state index is -0.625. The average Bonchev–Trinajstić information content (AvgIpc) is 2.37. The highest BCUT2D eigenvalue weighted by Crippen LogP contribution is 2.30. The Kier molecular flexibility index (Phi) is 5.50. The number of halogens is 1. The fourth-order valence-electron chi connectivity index (χ4n) is 1.64. The molecule has 1 unspecified atom stereocenters. The largest absolute Gasteiger partial charge is 0.462 e. The summed E-state index contributed by atoms with van der Waals surface area (Å²) < 4.78 is 4.95. The number of benzene rings is 1. The summed E-state index contributed by atoms with van der Waals surface area (Å²) in [6.45, 7) is 3.15. The van der Waals surface area contributed by atoms with Gasteiger partial charge in [-0.25, -0.2) is 4.79 Å². The van der Waals surface area contributed by atoms with Crippen LogP contribution in [0, 0.1) is 0 Å². The first-order valence-corrected chi connectivity index (χ1v) is 6.48. The van der Waals surface area contributed by atoms with E-state index in [-0.39, 0.29) is 19.0 Å². The highest BCUT2D eigenvalue weighted by atomic mass is 79.9. The lowest BCUT2D eigenvalue weighted by molar-refractivity contribution is -0.116. The molecule has 1 rings (SSSR count). The highest BCUT2D eigenvalue weighted by Gasteiger charge is 2.24. The molecule has 0 spiro atoms. The fourth-order valence-corrected chi connectivity index (χ4v) is 2.18. The molecule has 98 valence electrons. The third kappa shape index (κ3) is 3.17. The van der Waals surface area contributed by atoms with Crippen molar-refractivity contribution < 1.29 is 19.4 Å². The van der Waals surface area contributed by atoms with Crippen molar-refractivity contribution in [1.29, 1.82) is 0 Å². The molecule has 0 radical (unpaired) electrons. The van der Waals surface area contributed by atoms with E-state index in [0.717, 1.165) is 0 Å². The quantitative estimate of drug-likeness (QED) is 0.669. The lowest BCUT2D eigenvalue weighted by atomic mass is 9.97. The molecule has 0 heterocycles. The van der Waals surface area contributed by atoms with Crippen LogP contribution in [0.15, 0.2) is 18.2 Å². The van der Waals surface area contributed by atoms with E-state index in [4.69, 9.17) is 4.74 Å². The van der Waals surface area contributed by atoms with Gasteiger partial charge in [0.05, 0.1) is 23.6 Å². The van der Waals surface area contributed by atoms with E-state index in [1.165, 1.54) is 6.92 Å². The first kappa shape index (κ1) is 14.9. The number of carbonyl (C=O) groups excluding carboxylic acids is 2. The summed E-state index contributed by atoms with van der Waals surface area (Å²) in [5.74, 6) is -0.630. The third-order valence-electron chi connectivity index (χ3n) is 2.47. The number of rotatable bonds is 5. The fraction of sp³-hybridized carbons (Fsp3) is 0.385. The van der Waals surface area contributed by atoms with Crippen molar-refractivity contribution in [1.82, 2.24) is 0 Å². The van der Waals surface area contributed by atoms with Gasteiger partial charge in [-0.2, -0.15) is 0 Å². The van der Waals surface area contributed by atoms with E-state index in [0.29, 0.717) is 16.7 Å². The van der Waals surface area contributed by atoms with Crippen LogP contribution < -0.4 is 0 Å². The van der Waals surface area contributed by atoms with Crippen LogP contribution in [0.1, 0.15) is 40.2 Å². The second-order valence-corrected chi connectivity index (χ2v) is 4.65. The summed E-state index contributed by atoms with van der Waals surface area (Å²) in [7, 11) is 0. The molecule has 18 heavy (non-hydrogen) atoms. The van der Waals surface area contributed by atoms with Crippen molar-refractivity contribution in [2.45, 2.75) is 25.3 Å². The van der Waals surface area contributed by atoms with Gasteiger partial charge in [0.1, 0.15) is 5.78 Å². The zero-order valence-electron chi connectivity index (χ0n) is 10.3. The van der Waals surface area contributed by atoms with Gasteiger partial charge in [-0.15, -0.1) is 0 Å². The molecule has 0 bridgehead atoms. The molecule has 0 aliphatic rings. The van der Waals surface area contributed by atoms with Crippen molar-refractivity contribution in [2.24, 2.45) is 0 Å². The molecule has 5 heteroatoms. The number of ketones is 1. The Balaban J connectivity index is 3.33. The van der Waals surface area contributed by atoms with Crippen molar-refractivity contribution in [3.05, 3.63) is 34.9 Å². The van der Waals surface area contributed by atoms with E-state index in [1.807, 2.05) is 0 Å². The van der Waals surface area contributed by atoms with Gasteiger partial charge >= 0.3 is 5.97 Å². The normalized spacial score (nSPS) is 12.0. The monoisotopic (exact) mass is 314 g/mol. The van der Waals surface area contributed by atoms with Crippen LogP contribution in [0.2, 0.25) is 0 Å². The first-order chi connectivity index (χ1) is 8.52. The number of aliphatic hydroxyl groups is 1. The van der Waals surface area contributed by atoms with Crippen LogP contribution in [0.3, 0.4) is 0 Å². The Hall–Kier alpha value is -1.20. The molecule has 4 nitrogen and oxygen atoms in total. The molecule has 0 amide bonds. The second-order valence-electron chi connectivity index (χ2n) is 3.73. The Morgan fingerprint density at radius 3 is 2.61 bits per heavy atom. The molecular weight excluding hydrogens is 300 g/mol. The zero-order valence-corrected chi connectivity index (χ0v) is 11.9. The predicted molar refractivity (Wildman–Crippen MR) is 70.7 cm³/mol. The first-order valence-electron chi connectivity index (χ1n) is 5.57. The molecule has 1 aromatic rings. The van der Waals surface area contributed by atoms with E-state index in [1.54, 1.807) is 25.1 Å². The van der Waals surface area contributed by atoms with Gasteiger partial charge in [-0.3, -0.25) is 4.79 Å². The Morgan fingerprint density at radius 1 is 1.44 bits per heavy atom. The highest BCUT2D eigenvalue weighted by molar-refractivity contribution is 9.09. The number of hydrogen-bond acceptors (Lipinski definition) is 4. The molecule has 1 atom stereocenters. The van der Waals surface area contributed by atoms with Gasteiger partial charge in [-0.1, -0.05) is 28.1 Å². The molecule has 0 aliphatic carbocycles. The third-order valence-corrected chi connectivity index (χ3v) is 3.58. The van der Waals surface area contributed by atoms with Crippen molar-refractivity contribution in [3.63, 3.8) is 0 Å². The van der Waals surface area contributed by atoms with Gasteiger partial charge in [0.25, 0.3) is 0 Å². The molecular formula is C13H15BrO4. The number of ether oxygens (including phenoxy) is 1. The number of alkyl halides is 1. The molecule has 0 fully saturated rings. The second kappa shape index (κ2) is 6.66. The van der Waals surface area contributed by atoms with E-state index >= 15 is 0 Å². The van der Waals surface area contributed by atoms with E-state index in [2.05, 4.69) is 15.9 Å². The molecule has 0 aromatic heterocycles. The minimum Gasteiger partial charge on any atom is -0.462 e. The number of hydrogen-bond donors (Lipinski definition) is 1. The van der Waals surface area contributed by atoms with E-state index in [9.17, 15) is 14.7 Å². The van der Waals surface area contributed by atoms with Crippen LogP contribution in [-0.2, 0) is 16.1 Å². The Bertz CT molecular complexity index is 456. The standard InChI is InChI=1S/C13H15BrO4/c1-3-18-13(17)10-6-4-5-9(7-15)11(10)12(14)8(2)16/h4-6,12,15H,3,7H2,1-2H3. The van der Waals surface area contributed by atoms with E-state index < -0.39 is 10.8 Å². The number of carbonyl (C=O) groups is 2. The summed E-state index contributed by atoms with van der Waals surface area (Å²) >= 11 is 3.24. The van der Waals surface area contributed by atoms with Gasteiger partial charge in [0.2, 0.25) is 0 Å². The van der Waals surface area contributed by atoms with Crippen molar-refractivity contribution >= 4 is 27.7 Å². The summed E-state index contributed by atoms with van der Waals surface area (Å²) in [5.41, 5.74) is 1.32. The van der Waals surface area contributed by atoms with Crippen LogP contribution in [0.5, 0.6) is 0 Å². The minimum absolute atomic E-state index is 0.138. The summed E-state index contributed by atoms with van der Waals surface area (Å²) in [5, 5.41) is 9.30. The van der Waals surface area contributed by atoms with Crippen LogP contribution >= 0.6 is 15.9 Å². The maximum absolute atomic E-state index is 11.8. The predicted octanol–water partition coefficient (Wildman–Crippen LogP) is 2.38. The molecule has 0 saturated heterocycles. The number of aliphatic hydroxyl groups excluding tert-OH is 1. The maximum atomic E-state index is 11.8. The van der Waals surface area contributed by atoms with Gasteiger partial charge in [0.15, 0.2) is 0 Å². The number of Topliss-reactive ketones (excluding diaryl/α,β-unsaturated/α-hetero) is 1. The van der Waals surface area contributed by atoms with Crippen LogP contribution in [0.25, 0.3) is 0 Å². The Labute approximate surface area is 114 Å². The van der Waals surface area contributed by atoms with Crippen LogP contribution in [0.4, 0.5) is 0 Å². The van der Waals surface area contributed by atoms with Gasteiger partial charge in [0, 0.05) is 0 Å². The molecule has 0 saturated carbocycles. The lowest BCUT2D eigenvalue weighted by Gasteiger charge is -2.15. The summed E-state index contributed by atoms with van der Waals surface area (Å²) in [6.07, 6.45) is 0.